The normalized spacial score (nSPS) is 18.5. The number of aliphatic carboxylic acids is 1. The van der Waals surface area contributed by atoms with Crippen molar-refractivity contribution in [1.82, 2.24) is 14.7 Å². The minimum atomic E-state index is -0.786. The zero-order valence-corrected chi connectivity index (χ0v) is 13.8. The predicted molar refractivity (Wildman–Crippen MR) is 83.1 cm³/mol. The smallest absolute Gasteiger partial charge is 0.303 e. The Morgan fingerprint density at radius 2 is 2.18 bits per heavy atom. The summed E-state index contributed by atoms with van der Waals surface area (Å²) in [7, 11) is 0. The van der Waals surface area contributed by atoms with Gasteiger partial charge in [-0.3, -0.25) is 14.3 Å². The van der Waals surface area contributed by atoms with Crippen LogP contribution in [0.3, 0.4) is 0 Å². The molecule has 2 heterocycles. The molecule has 122 valence electrons. The van der Waals surface area contributed by atoms with E-state index < -0.39 is 5.97 Å². The number of carboxylic acids is 1. The Balaban J connectivity index is 2.09. The third-order valence-electron chi connectivity index (χ3n) is 4.15. The van der Waals surface area contributed by atoms with Gasteiger partial charge in [0.2, 0.25) is 0 Å². The van der Waals surface area contributed by atoms with Crippen molar-refractivity contribution in [2.75, 3.05) is 13.1 Å². The Hall–Kier alpha value is -1.56. The van der Waals surface area contributed by atoms with Crippen molar-refractivity contribution < 1.29 is 14.7 Å². The molecule has 1 N–H and O–H groups in total. The maximum absolute atomic E-state index is 12.7. The molecule has 0 radical (unpaired) electrons. The number of likely N-dealkylation sites (tertiary alicyclic amines) is 1. The molecule has 1 aromatic heterocycles. The number of nitrogens with zero attached hydrogens (tertiary/aromatic N) is 3. The number of carbonyl (C=O) groups is 2. The summed E-state index contributed by atoms with van der Waals surface area (Å²) >= 11 is 6.26. The molecule has 0 spiro atoms. The first-order valence-corrected chi connectivity index (χ1v) is 8.05. The average molecular weight is 328 g/mol. The molecule has 22 heavy (non-hydrogen) atoms. The van der Waals surface area contributed by atoms with Crippen LogP contribution in [0.2, 0.25) is 5.15 Å². The van der Waals surface area contributed by atoms with Crippen LogP contribution in [0.4, 0.5) is 0 Å². The molecule has 1 unspecified atom stereocenters. The molecule has 1 aliphatic heterocycles. The third-order valence-corrected chi connectivity index (χ3v) is 4.54. The van der Waals surface area contributed by atoms with Crippen LogP contribution in [0.5, 0.6) is 0 Å². The van der Waals surface area contributed by atoms with E-state index in [1.165, 1.54) is 0 Å². The highest BCUT2D eigenvalue weighted by Crippen LogP contribution is 2.26. The zero-order chi connectivity index (χ0) is 16.3. The van der Waals surface area contributed by atoms with Crippen LogP contribution in [0.15, 0.2) is 0 Å². The van der Waals surface area contributed by atoms with Gasteiger partial charge in [-0.05, 0) is 39.0 Å². The third kappa shape index (κ3) is 3.61. The topological polar surface area (TPSA) is 75.4 Å². The molecule has 1 atom stereocenters. The maximum atomic E-state index is 12.7. The maximum Gasteiger partial charge on any atom is 0.303 e. The number of halogens is 1. The molecule has 1 fully saturated rings. The molecule has 7 heteroatoms. The Morgan fingerprint density at radius 1 is 1.45 bits per heavy atom. The minimum absolute atomic E-state index is 0.0952. The summed E-state index contributed by atoms with van der Waals surface area (Å²) in [6, 6.07) is 0. The van der Waals surface area contributed by atoms with Gasteiger partial charge in [0.15, 0.2) is 0 Å². The average Bonchev–Trinajstić information content (AvgIpc) is 2.79. The first-order chi connectivity index (χ1) is 10.4. The van der Waals surface area contributed by atoms with Gasteiger partial charge in [-0.2, -0.15) is 5.10 Å². The lowest BCUT2D eigenvalue weighted by molar-refractivity contribution is -0.137. The van der Waals surface area contributed by atoms with E-state index >= 15 is 0 Å². The Labute approximate surface area is 135 Å². The summed E-state index contributed by atoms with van der Waals surface area (Å²) in [6.07, 6.45) is 2.63. The van der Waals surface area contributed by atoms with Crippen molar-refractivity contribution in [3.8, 4) is 0 Å². The van der Waals surface area contributed by atoms with Crippen LogP contribution in [-0.4, -0.2) is 44.8 Å². The van der Waals surface area contributed by atoms with Gasteiger partial charge >= 0.3 is 5.97 Å². The van der Waals surface area contributed by atoms with Crippen molar-refractivity contribution in [2.45, 2.75) is 46.1 Å². The Bertz CT molecular complexity index is 571. The highest BCUT2D eigenvalue weighted by atomic mass is 35.5. The number of rotatable bonds is 5. The van der Waals surface area contributed by atoms with E-state index in [9.17, 15) is 9.59 Å². The van der Waals surface area contributed by atoms with Crippen molar-refractivity contribution in [3.05, 3.63) is 16.4 Å². The quantitative estimate of drug-likeness (QED) is 0.902. The van der Waals surface area contributed by atoms with E-state index in [0.717, 1.165) is 12.8 Å². The lowest BCUT2D eigenvalue weighted by Crippen LogP contribution is -2.40. The van der Waals surface area contributed by atoms with E-state index in [1.807, 2.05) is 6.92 Å². The first-order valence-electron chi connectivity index (χ1n) is 7.68. The van der Waals surface area contributed by atoms with Crippen LogP contribution in [0, 0.1) is 12.8 Å². The molecule has 0 aromatic carbocycles. The van der Waals surface area contributed by atoms with Gasteiger partial charge in [-0.1, -0.05) is 11.6 Å². The van der Waals surface area contributed by atoms with Crippen LogP contribution in [-0.2, 0) is 11.3 Å². The number of carbonyl (C=O) groups excluding carboxylic acids is 1. The molecule has 0 aliphatic carbocycles. The van der Waals surface area contributed by atoms with Gasteiger partial charge in [-0.25, -0.2) is 0 Å². The van der Waals surface area contributed by atoms with Crippen molar-refractivity contribution in [1.29, 1.82) is 0 Å². The molecule has 1 aromatic rings. The fourth-order valence-corrected chi connectivity index (χ4v) is 3.35. The SMILES string of the molecule is CCn1nc(C)c(C(=O)N2CCCC(CCC(=O)O)C2)c1Cl. The van der Waals surface area contributed by atoms with Gasteiger partial charge in [0, 0.05) is 26.1 Å². The lowest BCUT2D eigenvalue weighted by Gasteiger charge is -2.32. The van der Waals surface area contributed by atoms with E-state index in [2.05, 4.69) is 5.10 Å². The van der Waals surface area contributed by atoms with Gasteiger partial charge in [0.25, 0.3) is 5.91 Å². The number of aromatic nitrogens is 2. The van der Waals surface area contributed by atoms with Crippen molar-refractivity contribution in [3.63, 3.8) is 0 Å². The molecule has 2 rings (SSSR count). The number of aryl methyl sites for hydroxylation is 2. The second-order valence-corrected chi connectivity index (χ2v) is 6.12. The summed E-state index contributed by atoms with van der Waals surface area (Å²) in [5.41, 5.74) is 1.12. The van der Waals surface area contributed by atoms with E-state index in [1.54, 1.807) is 16.5 Å². The minimum Gasteiger partial charge on any atom is -0.481 e. The summed E-state index contributed by atoms with van der Waals surface area (Å²) in [4.78, 5) is 25.2. The molecular weight excluding hydrogens is 306 g/mol. The highest BCUT2D eigenvalue weighted by Gasteiger charge is 2.29. The molecule has 0 saturated carbocycles. The van der Waals surface area contributed by atoms with E-state index in [-0.39, 0.29) is 18.2 Å². The Morgan fingerprint density at radius 3 is 2.77 bits per heavy atom. The van der Waals surface area contributed by atoms with E-state index in [0.29, 0.717) is 42.5 Å². The fraction of sp³-hybridized carbons (Fsp3) is 0.667. The molecule has 1 aliphatic rings. The highest BCUT2D eigenvalue weighted by molar-refractivity contribution is 6.33. The molecule has 1 saturated heterocycles. The van der Waals surface area contributed by atoms with Crippen LogP contribution < -0.4 is 0 Å². The van der Waals surface area contributed by atoms with Crippen LogP contribution in [0.1, 0.15) is 48.7 Å². The number of hydrogen-bond donors (Lipinski definition) is 1. The summed E-state index contributed by atoms with van der Waals surface area (Å²) < 4.78 is 1.62. The first kappa shape index (κ1) is 16.8. The monoisotopic (exact) mass is 327 g/mol. The molecular formula is C15H22ClN3O3. The van der Waals surface area contributed by atoms with Gasteiger partial charge in [0.05, 0.1) is 11.3 Å². The number of carboxylic acid groups (broad SMARTS) is 1. The largest absolute Gasteiger partial charge is 0.481 e. The summed E-state index contributed by atoms with van der Waals surface area (Å²) in [5, 5.41) is 13.5. The molecule has 1 amide bonds. The van der Waals surface area contributed by atoms with Crippen molar-refractivity contribution in [2.24, 2.45) is 5.92 Å². The second kappa shape index (κ2) is 7.13. The van der Waals surface area contributed by atoms with Gasteiger partial charge in [-0.15, -0.1) is 0 Å². The predicted octanol–water partition coefficient (Wildman–Crippen LogP) is 2.58. The molecule has 6 nitrogen and oxygen atoms in total. The number of piperidine rings is 1. The lowest BCUT2D eigenvalue weighted by atomic mass is 9.93. The van der Waals surface area contributed by atoms with Gasteiger partial charge < -0.3 is 10.0 Å². The molecule has 0 bridgehead atoms. The Kier molecular flexibility index (Phi) is 5.45. The summed E-state index contributed by atoms with van der Waals surface area (Å²) in [6.45, 7) is 5.62. The second-order valence-electron chi connectivity index (χ2n) is 5.76. The fourth-order valence-electron chi connectivity index (χ4n) is 2.98. The standard InChI is InChI=1S/C15H22ClN3O3/c1-3-19-14(16)13(10(2)17-19)15(22)18-8-4-5-11(9-18)6-7-12(20)21/h11H,3-9H2,1-2H3,(H,20,21). The number of hydrogen-bond acceptors (Lipinski definition) is 3. The summed E-state index contributed by atoms with van der Waals surface area (Å²) in [5.74, 6) is -0.636. The van der Waals surface area contributed by atoms with Crippen LogP contribution in [0.25, 0.3) is 0 Å². The van der Waals surface area contributed by atoms with Crippen molar-refractivity contribution >= 4 is 23.5 Å². The van der Waals surface area contributed by atoms with Gasteiger partial charge in [0.1, 0.15) is 5.15 Å². The number of amides is 1. The zero-order valence-electron chi connectivity index (χ0n) is 13.0. The van der Waals surface area contributed by atoms with E-state index in [4.69, 9.17) is 16.7 Å². The van der Waals surface area contributed by atoms with Crippen LogP contribution >= 0.6 is 11.6 Å².